The van der Waals surface area contributed by atoms with E-state index in [0.29, 0.717) is 0 Å². The van der Waals surface area contributed by atoms with Crippen LogP contribution in [0.15, 0.2) is 9.98 Å². The van der Waals surface area contributed by atoms with Gasteiger partial charge in [0.15, 0.2) is 11.8 Å². The normalized spacial score (nSPS) is 22.5. The van der Waals surface area contributed by atoms with Crippen LogP contribution in [0, 0.1) is 22.7 Å². The maximum Gasteiger partial charge on any atom is 0.306 e. The highest BCUT2D eigenvalue weighted by Crippen LogP contribution is 2.04. The van der Waals surface area contributed by atoms with Gasteiger partial charge in [-0.3, -0.25) is 0 Å². The summed E-state index contributed by atoms with van der Waals surface area (Å²) in [4.78, 5) is 6.20. The standard InChI is InChI=1S/C5HFN4/c6-5-9-3(1-7)4(2-8)10-5/h3H. The fraction of sp³-hybridized carbons (Fsp3) is 0.200. The van der Waals surface area contributed by atoms with E-state index in [1.807, 2.05) is 0 Å². The van der Waals surface area contributed by atoms with Crippen molar-refractivity contribution in [2.45, 2.75) is 6.04 Å². The molecule has 10 heavy (non-hydrogen) atoms. The molecule has 0 spiro atoms. The summed E-state index contributed by atoms with van der Waals surface area (Å²) < 4.78 is 12.1. The van der Waals surface area contributed by atoms with E-state index >= 15 is 0 Å². The van der Waals surface area contributed by atoms with Gasteiger partial charge >= 0.3 is 6.09 Å². The van der Waals surface area contributed by atoms with E-state index in [4.69, 9.17) is 10.5 Å². The number of nitrogens with zero attached hydrogens (tertiary/aromatic N) is 4. The summed E-state index contributed by atoms with van der Waals surface area (Å²) in [5, 5.41) is 16.4. The molecule has 1 rings (SSSR count). The van der Waals surface area contributed by atoms with Crippen LogP contribution in [0.4, 0.5) is 4.39 Å². The number of nitriles is 2. The van der Waals surface area contributed by atoms with Crippen LogP contribution in [0.3, 0.4) is 0 Å². The summed E-state index contributed by atoms with van der Waals surface area (Å²) >= 11 is 0. The van der Waals surface area contributed by atoms with Gasteiger partial charge < -0.3 is 0 Å². The van der Waals surface area contributed by atoms with Crippen molar-refractivity contribution in [3.05, 3.63) is 0 Å². The van der Waals surface area contributed by atoms with Crippen LogP contribution in [-0.4, -0.2) is 17.8 Å². The van der Waals surface area contributed by atoms with Gasteiger partial charge in [-0.1, -0.05) is 0 Å². The van der Waals surface area contributed by atoms with E-state index in [-0.39, 0.29) is 5.71 Å². The van der Waals surface area contributed by atoms with Crippen LogP contribution in [0.25, 0.3) is 0 Å². The monoisotopic (exact) mass is 136 g/mol. The van der Waals surface area contributed by atoms with Crippen molar-refractivity contribution < 1.29 is 4.39 Å². The zero-order valence-electron chi connectivity index (χ0n) is 4.74. The van der Waals surface area contributed by atoms with Crippen LogP contribution in [0.2, 0.25) is 0 Å². The lowest BCUT2D eigenvalue weighted by atomic mass is 10.2. The summed E-state index contributed by atoms with van der Waals surface area (Å²) in [6.45, 7) is 0. The first kappa shape index (κ1) is 6.37. The Morgan fingerprint density at radius 3 is 2.60 bits per heavy atom. The quantitative estimate of drug-likeness (QED) is 0.445. The van der Waals surface area contributed by atoms with Crippen LogP contribution >= 0.6 is 0 Å². The number of amidine groups is 1. The minimum Gasteiger partial charge on any atom is -0.214 e. The smallest absolute Gasteiger partial charge is 0.214 e. The first-order valence-electron chi connectivity index (χ1n) is 2.39. The number of aliphatic imine (C=N–C) groups is 2. The summed E-state index contributed by atoms with van der Waals surface area (Å²) in [6, 6.07) is 2.15. The Bertz CT molecular complexity index is 290. The van der Waals surface area contributed by atoms with Gasteiger partial charge in [0, 0.05) is 0 Å². The largest absolute Gasteiger partial charge is 0.306 e. The number of hydrogen-bond donors (Lipinski definition) is 0. The zero-order valence-corrected chi connectivity index (χ0v) is 4.74. The zero-order chi connectivity index (χ0) is 7.56. The molecule has 0 fully saturated rings. The molecule has 0 aromatic rings. The van der Waals surface area contributed by atoms with Crippen LogP contribution in [-0.2, 0) is 0 Å². The maximum absolute atomic E-state index is 12.1. The average molecular weight is 136 g/mol. The molecular formula is C5HFN4. The van der Waals surface area contributed by atoms with E-state index < -0.39 is 12.1 Å². The van der Waals surface area contributed by atoms with Crippen molar-refractivity contribution in [2.75, 3.05) is 0 Å². The van der Waals surface area contributed by atoms with E-state index in [9.17, 15) is 4.39 Å². The third-order valence-corrected chi connectivity index (χ3v) is 0.944. The molecule has 0 saturated heterocycles. The van der Waals surface area contributed by atoms with E-state index in [1.165, 1.54) is 0 Å². The molecule has 0 N–H and O–H groups in total. The molecule has 0 aromatic carbocycles. The summed E-state index contributed by atoms with van der Waals surface area (Å²) in [5.41, 5.74) is -0.181. The lowest BCUT2D eigenvalue weighted by Crippen LogP contribution is -2.09. The van der Waals surface area contributed by atoms with Crippen molar-refractivity contribution in [3.63, 3.8) is 0 Å². The topological polar surface area (TPSA) is 72.3 Å². The minimum absolute atomic E-state index is 0.181. The van der Waals surface area contributed by atoms with Crippen LogP contribution in [0.5, 0.6) is 0 Å². The second-order valence-corrected chi connectivity index (χ2v) is 1.54. The predicted molar refractivity (Wildman–Crippen MR) is 31.0 cm³/mol. The molecule has 0 aromatic heterocycles. The third-order valence-electron chi connectivity index (χ3n) is 0.944. The molecule has 1 heterocycles. The highest BCUT2D eigenvalue weighted by molar-refractivity contribution is 6.13. The second kappa shape index (κ2) is 2.24. The van der Waals surface area contributed by atoms with E-state index in [0.717, 1.165) is 0 Å². The molecule has 0 bridgehead atoms. The van der Waals surface area contributed by atoms with Gasteiger partial charge in [0.25, 0.3) is 0 Å². The average Bonchev–Trinajstić information content (AvgIpc) is 2.30. The van der Waals surface area contributed by atoms with Gasteiger partial charge in [0.2, 0.25) is 0 Å². The lowest BCUT2D eigenvalue weighted by molar-refractivity contribution is 0.788. The molecule has 0 saturated carbocycles. The van der Waals surface area contributed by atoms with Gasteiger partial charge in [-0.15, -0.1) is 0 Å². The second-order valence-electron chi connectivity index (χ2n) is 1.54. The lowest BCUT2D eigenvalue weighted by Gasteiger charge is -1.86. The molecule has 5 heteroatoms. The fourth-order valence-corrected chi connectivity index (χ4v) is 0.533. The highest BCUT2D eigenvalue weighted by atomic mass is 19.1. The molecule has 4 nitrogen and oxygen atoms in total. The Labute approximate surface area is 55.9 Å². The first-order chi connectivity index (χ1) is 4.77. The number of rotatable bonds is 0. The number of hydrogen-bond acceptors (Lipinski definition) is 4. The molecule has 1 unspecified atom stereocenters. The van der Waals surface area contributed by atoms with Gasteiger partial charge in [0.05, 0.1) is 6.07 Å². The molecule has 1 atom stereocenters. The van der Waals surface area contributed by atoms with Crippen LogP contribution in [0.1, 0.15) is 0 Å². The van der Waals surface area contributed by atoms with Gasteiger partial charge in [-0.25, -0.2) is 4.99 Å². The van der Waals surface area contributed by atoms with Gasteiger partial charge in [-0.05, 0) is 0 Å². The van der Waals surface area contributed by atoms with E-state index in [1.54, 1.807) is 12.1 Å². The molecule has 0 radical (unpaired) electrons. The van der Waals surface area contributed by atoms with Gasteiger partial charge in [-0.2, -0.15) is 19.9 Å². The molecule has 1 aliphatic rings. The minimum atomic E-state index is -1.04. The Balaban J connectivity index is 2.94. The summed E-state index contributed by atoms with van der Waals surface area (Å²) in [7, 11) is 0. The van der Waals surface area contributed by atoms with Crippen molar-refractivity contribution >= 4 is 11.8 Å². The van der Waals surface area contributed by atoms with Crippen molar-refractivity contribution in [3.8, 4) is 12.1 Å². The molecule has 48 valence electrons. The third kappa shape index (κ3) is 0.848. The number of halogens is 1. The molecule has 0 amide bonds. The molecule has 0 aliphatic carbocycles. The molecule has 1 aliphatic heterocycles. The van der Waals surface area contributed by atoms with Crippen LogP contribution < -0.4 is 0 Å². The highest BCUT2D eigenvalue weighted by Gasteiger charge is 2.21. The Morgan fingerprint density at radius 1 is 1.50 bits per heavy atom. The fourth-order valence-electron chi connectivity index (χ4n) is 0.533. The van der Waals surface area contributed by atoms with E-state index in [2.05, 4.69) is 9.98 Å². The summed E-state index contributed by atoms with van der Waals surface area (Å²) in [5.74, 6) is 0. The van der Waals surface area contributed by atoms with Gasteiger partial charge in [0.1, 0.15) is 6.07 Å². The predicted octanol–water partition coefficient (Wildman–Crippen LogP) is 0.182. The Morgan fingerprint density at radius 2 is 2.20 bits per heavy atom. The first-order valence-corrected chi connectivity index (χ1v) is 2.39. The molecular weight excluding hydrogens is 135 g/mol. The SMILES string of the molecule is N#CC1=NC(F)=NC1C#N. The Kier molecular flexibility index (Phi) is 1.43. The van der Waals surface area contributed by atoms with Crippen molar-refractivity contribution in [1.29, 1.82) is 10.5 Å². The van der Waals surface area contributed by atoms with Crippen molar-refractivity contribution in [2.24, 2.45) is 9.98 Å². The summed E-state index contributed by atoms with van der Waals surface area (Å²) in [6.07, 6.45) is -0.997. The maximum atomic E-state index is 12.1. The van der Waals surface area contributed by atoms with Crippen molar-refractivity contribution in [1.82, 2.24) is 0 Å². The Hall–Kier alpha value is -1.75.